The van der Waals surface area contributed by atoms with E-state index >= 15 is 0 Å². The molecule has 1 aliphatic carbocycles. The van der Waals surface area contributed by atoms with E-state index in [1.54, 1.807) is 0 Å². The standard InChI is InChI=1S/C9H15N3O/c1-2-9-8(6-13)10-11-12(9)5-7-3-4-7/h7,13H,2-6H2,1H3. The molecule has 1 N–H and O–H groups in total. The summed E-state index contributed by atoms with van der Waals surface area (Å²) in [6, 6.07) is 0. The van der Waals surface area contributed by atoms with Crippen LogP contribution in [-0.4, -0.2) is 20.1 Å². The molecule has 1 aromatic heterocycles. The van der Waals surface area contributed by atoms with E-state index in [2.05, 4.69) is 17.2 Å². The number of nitrogens with zero attached hydrogens (tertiary/aromatic N) is 3. The zero-order valence-electron chi connectivity index (χ0n) is 7.90. The van der Waals surface area contributed by atoms with Crippen LogP contribution in [0.1, 0.15) is 31.2 Å². The Hall–Kier alpha value is -0.900. The second kappa shape index (κ2) is 3.46. The van der Waals surface area contributed by atoms with Crippen LogP contribution in [0, 0.1) is 5.92 Å². The number of hydrogen-bond donors (Lipinski definition) is 1. The van der Waals surface area contributed by atoms with E-state index < -0.39 is 0 Å². The van der Waals surface area contributed by atoms with E-state index in [0.29, 0.717) is 0 Å². The molecule has 0 unspecified atom stereocenters. The smallest absolute Gasteiger partial charge is 0.111 e. The molecule has 0 radical (unpaired) electrons. The molecule has 4 nitrogen and oxygen atoms in total. The number of aliphatic hydroxyl groups is 1. The Kier molecular flexibility index (Phi) is 2.31. The molecule has 0 spiro atoms. The molecule has 0 bridgehead atoms. The van der Waals surface area contributed by atoms with E-state index in [-0.39, 0.29) is 6.61 Å². The Morgan fingerprint density at radius 2 is 2.31 bits per heavy atom. The van der Waals surface area contributed by atoms with Crippen molar-refractivity contribution in [2.45, 2.75) is 39.3 Å². The monoisotopic (exact) mass is 181 g/mol. The molecule has 0 amide bonds. The molecule has 2 rings (SSSR count). The summed E-state index contributed by atoms with van der Waals surface area (Å²) in [5.74, 6) is 0.804. The van der Waals surface area contributed by atoms with Gasteiger partial charge in [-0.25, -0.2) is 4.68 Å². The van der Waals surface area contributed by atoms with Gasteiger partial charge in [-0.3, -0.25) is 0 Å². The van der Waals surface area contributed by atoms with Gasteiger partial charge in [0.25, 0.3) is 0 Å². The molecule has 4 heteroatoms. The molecule has 0 saturated heterocycles. The van der Waals surface area contributed by atoms with E-state index in [1.807, 2.05) is 4.68 Å². The van der Waals surface area contributed by atoms with Gasteiger partial charge < -0.3 is 5.11 Å². The molecule has 0 aliphatic heterocycles. The van der Waals surface area contributed by atoms with Gasteiger partial charge in [-0.05, 0) is 25.2 Å². The average molecular weight is 181 g/mol. The van der Waals surface area contributed by atoms with E-state index in [0.717, 1.165) is 30.3 Å². The Balaban J connectivity index is 2.17. The first-order valence-corrected chi connectivity index (χ1v) is 4.87. The van der Waals surface area contributed by atoms with Gasteiger partial charge in [0.15, 0.2) is 0 Å². The quantitative estimate of drug-likeness (QED) is 0.745. The second-order valence-corrected chi connectivity index (χ2v) is 3.62. The third-order valence-corrected chi connectivity index (χ3v) is 2.53. The van der Waals surface area contributed by atoms with Crippen LogP contribution >= 0.6 is 0 Å². The highest BCUT2D eigenvalue weighted by atomic mass is 16.3. The maximum absolute atomic E-state index is 9.00. The topological polar surface area (TPSA) is 50.9 Å². The number of rotatable bonds is 4. The van der Waals surface area contributed by atoms with Gasteiger partial charge in [0, 0.05) is 6.54 Å². The lowest BCUT2D eigenvalue weighted by Gasteiger charge is -2.03. The van der Waals surface area contributed by atoms with E-state index in [4.69, 9.17) is 5.11 Å². The lowest BCUT2D eigenvalue weighted by molar-refractivity contribution is 0.275. The number of aromatic nitrogens is 3. The molecule has 1 fully saturated rings. The van der Waals surface area contributed by atoms with Crippen molar-refractivity contribution in [3.63, 3.8) is 0 Å². The van der Waals surface area contributed by atoms with Crippen molar-refractivity contribution in [2.24, 2.45) is 5.92 Å². The summed E-state index contributed by atoms with van der Waals surface area (Å²) in [6.45, 7) is 3.06. The van der Waals surface area contributed by atoms with Crippen LogP contribution in [0.5, 0.6) is 0 Å². The Labute approximate surface area is 77.6 Å². The minimum absolute atomic E-state index is 0.00778. The van der Waals surface area contributed by atoms with E-state index in [9.17, 15) is 0 Å². The molecule has 0 aromatic carbocycles. The van der Waals surface area contributed by atoms with Gasteiger partial charge in [0.1, 0.15) is 5.69 Å². The van der Waals surface area contributed by atoms with Crippen molar-refractivity contribution < 1.29 is 5.11 Å². The Morgan fingerprint density at radius 1 is 1.54 bits per heavy atom. The van der Waals surface area contributed by atoms with Gasteiger partial charge in [-0.2, -0.15) is 0 Å². The minimum Gasteiger partial charge on any atom is -0.390 e. The third kappa shape index (κ3) is 1.72. The summed E-state index contributed by atoms with van der Waals surface area (Å²) in [7, 11) is 0. The van der Waals surface area contributed by atoms with Crippen LogP contribution in [0.25, 0.3) is 0 Å². The molecule has 1 aliphatic rings. The fourth-order valence-electron chi connectivity index (χ4n) is 1.57. The van der Waals surface area contributed by atoms with Crippen LogP contribution < -0.4 is 0 Å². The lowest BCUT2D eigenvalue weighted by atomic mass is 10.2. The summed E-state index contributed by atoms with van der Waals surface area (Å²) < 4.78 is 1.95. The predicted molar refractivity (Wildman–Crippen MR) is 48.0 cm³/mol. The van der Waals surface area contributed by atoms with Gasteiger partial charge >= 0.3 is 0 Å². The lowest BCUT2D eigenvalue weighted by Crippen LogP contribution is -2.06. The van der Waals surface area contributed by atoms with E-state index in [1.165, 1.54) is 12.8 Å². The Morgan fingerprint density at radius 3 is 2.85 bits per heavy atom. The average Bonchev–Trinajstić information content (AvgIpc) is 2.85. The number of hydrogen-bond acceptors (Lipinski definition) is 3. The molecule has 0 atom stereocenters. The summed E-state index contributed by atoms with van der Waals surface area (Å²) in [5.41, 5.74) is 1.83. The van der Waals surface area contributed by atoms with Gasteiger partial charge in [0.05, 0.1) is 12.3 Å². The van der Waals surface area contributed by atoms with Gasteiger partial charge in [0.2, 0.25) is 0 Å². The SMILES string of the molecule is CCc1c(CO)nnn1CC1CC1. The minimum atomic E-state index is 0.00778. The summed E-state index contributed by atoms with van der Waals surface area (Å²) in [5, 5.41) is 17.0. The molecule has 72 valence electrons. The van der Waals surface area contributed by atoms with Crippen LogP contribution in [-0.2, 0) is 19.6 Å². The first-order chi connectivity index (χ1) is 6.35. The predicted octanol–water partition coefficient (Wildman–Crippen LogP) is 0.743. The van der Waals surface area contributed by atoms with Gasteiger partial charge in [-0.1, -0.05) is 12.1 Å². The molecular weight excluding hydrogens is 166 g/mol. The molecule has 13 heavy (non-hydrogen) atoms. The number of aliphatic hydroxyl groups excluding tert-OH is 1. The maximum atomic E-state index is 9.00. The van der Waals surface area contributed by atoms with Crippen molar-refractivity contribution in [1.29, 1.82) is 0 Å². The zero-order chi connectivity index (χ0) is 9.26. The van der Waals surface area contributed by atoms with Crippen LogP contribution in [0.4, 0.5) is 0 Å². The highest BCUT2D eigenvalue weighted by molar-refractivity contribution is 5.08. The highest BCUT2D eigenvalue weighted by Crippen LogP contribution is 2.30. The molecule has 1 saturated carbocycles. The van der Waals surface area contributed by atoms with Crippen LogP contribution in [0.2, 0.25) is 0 Å². The van der Waals surface area contributed by atoms with Gasteiger partial charge in [-0.15, -0.1) is 5.10 Å². The summed E-state index contributed by atoms with van der Waals surface area (Å²) >= 11 is 0. The largest absolute Gasteiger partial charge is 0.390 e. The first kappa shape index (κ1) is 8.69. The molecular formula is C9H15N3O. The van der Waals surface area contributed by atoms with Crippen LogP contribution in [0.15, 0.2) is 0 Å². The summed E-state index contributed by atoms with van der Waals surface area (Å²) in [6.07, 6.45) is 3.53. The Bertz CT molecular complexity index is 291. The van der Waals surface area contributed by atoms with Crippen molar-refractivity contribution in [2.75, 3.05) is 0 Å². The van der Waals surface area contributed by atoms with Crippen molar-refractivity contribution in [3.8, 4) is 0 Å². The highest BCUT2D eigenvalue weighted by Gasteiger charge is 2.23. The molecule has 1 aromatic rings. The fourth-order valence-corrected chi connectivity index (χ4v) is 1.57. The fraction of sp³-hybridized carbons (Fsp3) is 0.778. The first-order valence-electron chi connectivity index (χ1n) is 4.87. The van der Waals surface area contributed by atoms with Crippen molar-refractivity contribution >= 4 is 0 Å². The normalized spacial score (nSPS) is 16.5. The summed E-state index contributed by atoms with van der Waals surface area (Å²) in [4.78, 5) is 0. The van der Waals surface area contributed by atoms with Crippen molar-refractivity contribution in [1.82, 2.24) is 15.0 Å². The second-order valence-electron chi connectivity index (χ2n) is 3.62. The van der Waals surface area contributed by atoms with Crippen LogP contribution in [0.3, 0.4) is 0 Å². The third-order valence-electron chi connectivity index (χ3n) is 2.53. The van der Waals surface area contributed by atoms with Crippen molar-refractivity contribution in [3.05, 3.63) is 11.4 Å². The zero-order valence-corrected chi connectivity index (χ0v) is 7.90. The maximum Gasteiger partial charge on any atom is 0.111 e. The molecule has 1 heterocycles.